The first-order chi connectivity index (χ1) is 14.0. The van der Waals surface area contributed by atoms with Crippen molar-refractivity contribution in [3.8, 4) is 11.1 Å². The Bertz CT molecular complexity index is 950. The maximum absolute atomic E-state index is 13.1. The molecule has 0 atom stereocenters. The van der Waals surface area contributed by atoms with E-state index in [4.69, 9.17) is 0 Å². The molecule has 2 N–H and O–H groups in total. The minimum absolute atomic E-state index is 0.0696. The predicted molar refractivity (Wildman–Crippen MR) is 120 cm³/mol. The molecule has 4 nitrogen and oxygen atoms in total. The van der Waals surface area contributed by atoms with Crippen molar-refractivity contribution in [1.82, 2.24) is 5.32 Å². The predicted octanol–water partition coefficient (Wildman–Crippen LogP) is 5.37. The molecule has 3 aromatic rings. The first kappa shape index (κ1) is 20.8. The van der Waals surface area contributed by atoms with Gasteiger partial charge in [0.1, 0.15) is 5.00 Å². The second-order valence-electron chi connectivity index (χ2n) is 7.36. The number of carbonyl (C=O) groups excluding carboxylic acids is 2. The highest BCUT2D eigenvalue weighted by Gasteiger charge is 2.21. The summed E-state index contributed by atoms with van der Waals surface area (Å²) in [6.07, 6.45) is 1.18. The van der Waals surface area contributed by atoms with Crippen LogP contribution in [0, 0.1) is 5.92 Å². The Hall–Kier alpha value is -2.92. The fourth-order valence-corrected chi connectivity index (χ4v) is 4.09. The number of carbonyl (C=O) groups is 2. The molecular weight excluding hydrogens is 380 g/mol. The summed E-state index contributed by atoms with van der Waals surface area (Å²) < 4.78 is 0. The summed E-state index contributed by atoms with van der Waals surface area (Å²) in [5.41, 5.74) is 3.51. The van der Waals surface area contributed by atoms with Gasteiger partial charge in [0.25, 0.3) is 5.91 Å². The summed E-state index contributed by atoms with van der Waals surface area (Å²) in [7, 11) is 0. The van der Waals surface area contributed by atoms with Gasteiger partial charge in [0, 0.05) is 23.9 Å². The van der Waals surface area contributed by atoms with Crippen LogP contribution in [0.3, 0.4) is 0 Å². The molecule has 0 saturated heterocycles. The summed E-state index contributed by atoms with van der Waals surface area (Å²) in [5, 5.41) is 8.49. The van der Waals surface area contributed by atoms with E-state index in [0.29, 0.717) is 23.5 Å². The van der Waals surface area contributed by atoms with Crippen LogP contribution in [0.1, 0.15) is 36.2 Å². The SMILES string of the molecule is CC(C)CC(=O)Nc1scc(-c2ccccc2)c1C(=O)NCCc1ccccc1. The van der Waals surface area contributed by atoms with Crippen LogP contribution in [0.5, 0.6) is 0 Å². The van der Waals surface area contributed by atoms with Gasteiger partial charge in [-0.25, -0.2) is 0 Å². The van der Waals surface area contributed by atoms with Crippen molar-refractivity contribution in [3.63, 3.8) is 0 Å². The summed E-state index contributed by atoms with van der Waals surface area (Å²) in [4.78, 5) is 25.4. The van der Waals surface area contributed by atoms with Gasteiger partial charge in [-0.3, -0.25) is 9.59 Å². The van der Waals surface area contributed by atoms with E-state index in [1.165, 1.54) is 16.9 Å². The number of benzene rings is 2. The van der Waals surface area contributed by atoms with Crippen molar-refractivity contribution < 1.29 is 9.59 Å². The Kier molecular flexibility index (Phi) is 7.19. The zero-order valence-electron chi connectivity index (χ0n) is 16.8. The summed E-state index contributed by atoms with van der Waals surface area (Å²) in [5.74, 6) is 0.0207. The van der Waals surface area contributed by atoms with Gasteiger partial charge in [0.2, 0.25) is 5.91 Å². The van der Waals surface area contributed by atoms with Gasteiger partial charge in [-0.15, -0.1) is 11.3 Å². The smallest absolute Gasteiger partial charge is 0.254 e. The average molecular weight is 407 g/mol. The molecule has 0 radical (unpaired) electrons. The fourth-order valence-electron chi connectivity index (χ4n) is 3.11. The molecule has 2 amide bonds. The lowest BCUT2D eigenvalue weighted by Crippen LogP contribution is -2.27. The Balaban J connectivity index is 1.80. The van der Waals surface area contributed by atoms with E-state index in [9.17, 15) is 9.59 Å². The quantitative estimate of drug-likeness (QED) is 0.528. The molecule has 0 bridgehead atoms. The van der Waals surface area contributed by atoms with Crippen molar-refractivity contribution in [2.75, 3.05) is 11.9 Å². The molecule has 1 heterocycles. The van der Waals surface area contributed by atoms with E-state index in [1.54, 1.807) is 0 Å². The number of nitrogens with one attached hydrogen (secondary N) is 2. The number of hydrogen-bond acceptors (Lipinski definition) is 3. The van der Waals surface area contributed by atoms with E-state index in [-0.39, 0.29) is 17.7 Å². The van der Waals surface area contributed by atoms with Gasteiger partial charge < -0.3 is 10.6 Å². The van der Waals surface area contributed by atoms with E-state index in [0.717, 1.165) is 17.5 Å². The third-order valence-electron chi connectivity index (χ3n) is 4.49. The standard InChI is InChI=1S/C24H26N2O2S/c1-17(2)15-21(27)26-24-22(20(16-29-24)19-11-7-4-8-12-19)23(28)25-14-13-18-9-5-3-6-10-18/h3-12,16-17H,13-15H2,1-2H3,(H,25,28)(H,26,27). The van der Waals surface area contributed by atoms with Crippen molar-refractivity contribution in [3.05, 3.63) is 77.2 Å². The lowest BCUT2D eigenvalue weighted by atomic mass is 10.0. The van der Waals surface area contributed by atoms with Crippen LogP contribution in [-0.4, -0.2) is 18.4 Å². The van der Waals surface area contributed by atoms with Crippen LogP contribution in [-0.2, 0) is 11.2 Å². The lowest BCUT2D eigenvalue weighted by Gasteiger charge is -2.11. The van der Waals surface area contributed by atoms with Gasteiger partial charge >= 0.3 is 0 Å². The minimum atomic E-state index is -0.166. The Labute approximate surface area is 176 Å². The molecule has 0 unspecified atom stereocenters. The second kappa shape index (κ2) is 10.0. The van der Waals surface area contributed by atoms with E-state index in [2.05, 4.69) is 10.6 Å². The highest BCUT2D eigenvalue weighted by atomic mass is 32.1. The largest absolute Gasteiger partial charge is 0.352 e. The van der Waals surface area contributed by atoms with Crippen LogP contribution in [0.15, 0.2) is 66.0 Å². The van der Waals surface area contributed by atoms with Crippen LogP contribution in [0.25, 0.3) is 11.1 Å². The van der Waals surface area contributed by atoms with Gasteiger partial charge in [0.05, 0.1) is 5.56 Å². The van der Waals surface area contributed by atoms with Crippen LogP contribution in [0.2, 0.25) is 0 Å². The minimum Gasteiger partial charge on any atom is -0.352 e. The highest BCUT2D eigenvalue weighted by Crippen LogP contribution is 2.35. The van der Waals surface area contributed by atoms with Gasteiger partial charge in [-0.1, -0.05) is 74.5 Å². The molecule has 2 aromatic carbocycles. The Morgan fingerprint density at radius 1 is 0.966 bits per heavy atom. The third kappa shape index (κ3) is 5.78. The monoisotopic (exact) mass is 406 g/mol. The molecule has 0 spiro atoms. The third-order valence-corrected chi connectivity index (χ3v) is 5.39. The molecule has 3 rings (SSSR count). The van der Waals surface area contributed by atoms with E-state index in [1.807, 2.05) is 79.9 Å². The Morgan fingerprint density at radius 2 is 1.62 bits per heavy atom. The number of hydrogen-bond donors (Lipinski definition) is 2. The second-order valence-corrected chi connectivity index (χ2v) is 8.24. The molecular formula is C24H26N2O2S. The van der Waals surface area contributed by atoms with Gasteiger partial charge in [-0.05, 0) is 23.5 Å². The summed E-state index contributed by atoms with van der Waals surface area (Å²) in [6.45, 7) is 4.54. The fraction of sp³-hybridized carbons (Fsp3) is 0.250. The topological polar surface area (TPSA) is 58.2 Å². The molecule has 150 valence electrons. The number of anilines is 1. The Morgan fingerprint density at radius 3 is 2.28 bits per heavy atom. The van der Waals surface area contributed by atoms with Crippen molar-refractivity contribution in [2.45, 2.75) is 26.7 Å². The summed E-state index contributed by atoms with van der Waals surface area (Å²) in [6, 6.07) is 19.8. The molecule has 0 aliphatic heterocycles. The highest BCUT2D eigenvalue weighted by molar-refractivity contribution is 7.15. The number of amides is 2. The zero-order valence-corrected chi connectivity index (χ0v) is 17.6. The van der Waals surface area contributed by atoms with Crippen molar-refractivity contribution in [2.24, 2.45) is 5.92 Å². The lowest BCUT2D eigenvalue weighted by molar-refractivity contribution is -0.116. The van der Waals surface area contributed by atoms with Crippen molar-refractivity contribution >= 4 is 28.2 Å². The van der Waals surface area contributed by atoms with Crippen LogP contribution < -0.4 is 10.6 Å². The number of rotatable bonds is 8. The molecule has 0 aliphatic rings. The molecule has 1 aromatic heterocycles. The first-order valence-corrected chi connectivity index (χ1v) is 10.7. The van der Waals surface area contributed by atoms with Crippen LogP contribution >= 0.6 is 11.3 Å². The van der Waals surface area contributed by atoms with Crippen molar-refractivity contribution in [1.29, 1.82) is 0 Å². The van der Waals surface area contributed by atoms with Gasteiger partial charge in [0.15, 0.2) is 0 Å². The maximum atomic E-state index is 13.1. The van der Waals surface area contributed by atoms with Crippen LogP contribution in [0.4, 0.5) is 5.00 Å². The average Bonchev–Trinajstić information content (AvgIpc) is 3.12. The van der Waals surface area contributed by atoms with E-state index >= 15 is 0 Å². The molecule has 5 heteroatoms. The molecule has 29 heavy (non-hydrogen) atoms. The normalized spacial score (nSPS) is 10.7. The zero-order chi connectivity index (χ0) is 20.6. The molecule has 0 fully saturated rings. The van der Waals surface area contributed by atoms with Gasteiger partial charge in [-0.2, -0.15) is 0 Å². The van der Waals surface area contributed by atoms with E-state index < -0.39 is 0 Å². The number of thiophene rings is 1. The maximum Gasteiger partial charge on any atom is 0.254 e. The first-order valence-electron chi connectivity index (χ1n) is 9.83. The molecule has 0 saturated carbocycles. The summed E-state index contributed by atoms with van der Waals surface area (Å²) >= 11 is 1.39. The molecule has 0 aliphatic carbocycles.